The first-order valence-corrected chi connectivity index (χ1v) is 5.45. The number of nitrogen functional groups attached to an aromatic ring is 1. The van der Waals surface area contributed by atoms with Crippen molar-refractivity contribution in [1.82, 2.24) is 15.3 Å². The predicted octanol–water partition coefficient (Wildman–Crippen LogP) is 0.864. The largest absolute Gasteiger partial charge is 0.437 e. The van der Waals surface area contributed by atoms with Crippen molar-refractivity contribution in [2.75, 3.05) is 12.8 Å². The molecule has 0 saturated heterocycles. The molecule has 2 aromatic rings. The van der Waals surface area contributed by atoms with Gasteiger partial charge in [0.25, 0.3) is 5.56 Å². The molecular formula is C12H14N4O2. The van der Waals surface area contributed by atoms with Gasteiger partial charge in [0.05, 0.1) is 6.33 Å². The number of H-pyrrole nitrogens is 1. The van der Waals surface area contributed by atoms with Gasteiger partial charge in [0.15, 0.2) is 5.69 Å². The lowest BCUT2D eigenvalue weighted by atomic mass is 10.2. The minimum absolute atomic E-state index is 0.0310. The Kier molecular flexibility index (Phi) is 3.59. The molecule has 18 heavy (non-hydrogen) atoms. The fraction of sp³-hybridized carbons (Fsp3) is 0.167. The summed E-state index contributed by atoms with van der Waals surface area (Å²) in [5.74, 6) is 0.702. The Balaban J connectivity index is 2.25. The molecule has 0 radical (unpaired) electrons. The molecule has 6 heteroatoms. The minimum atomic E-state index is -0.411. The monoisotopic (exact) mass is 246 g/mol. The van der Waals surface area contributed by atoms with Crippen molar-refractivity contribution >= 4 is 5.69 Å². The zero-order chi connectivity index (χ0) is 13.0. The Morgan fingerprint density at radius 1 is 1.50 bits per heavy atom. The molecule has 0 fully saturated rings. The first-order chi connectivity index (χ1) is 8.70. The van der Waals surface area contributed by atoms with Crippen molar-refractivity contribution in [1.29, 1.82) is 0 Å². The summed E-state index contributed by atoms with van der Waals surface area (Å²) in [5.41, 5.74) is 6.21. The topological polar surface area (TPSA) is 93.0 Å². The molecule has 0 aliphatic rings. The SMILES string of the molecule is CNCc1cccc(Oc2nc[nH]c(=O)c2N)c1. The van der Waals surface area contributed by atoms with Crippen LogP contribution in [-0.2, 0) is 6.54 Å². The number of ether oxygens (including phenoxy) is 1. The van der Waals surface area contributed by atoms with Gasteiger partial charge in [0.2, 0.25) is 5.88 Å². The molecular weight excluding hydrogens is 232 g/mol. The number of nitrogens with zero attached hydrogens (tertiary/aromatic N) is 1. The summed E-state index contributed by atoms with van der Waals surface area (Å²) in [5, 5.41) is 3.04. The number of aromatic nitrogens is 2. The maximum absolute atomic E-state index is 11.3. The van der Waals surface area contributed by atoms with Crippen LogP contribution in [0.3, 0.4) is 0 Å². The number of hydrogen-bond donors (Lipinski definition) is 3. The van der Waals surface area contributed by atoms with Crippen molar-refractivity contribution in [2.24, 2.45) is 0 Å². The molecule has 0 atom stereocenters. The predicted molar refractivity (Wildman–Crippen MR) is 68.5 cm³/mol. The van der Waals surface area contributed by atoms with Crippen molar-refractivity contribution in [3.63, 3.8) is 0 Å². The highest BCUT2D eigenvalue weighted by molar-refractivity contribution is 5.47. The summed E-state index contributed by atoms with van der Waals surface area (Å²) in [6, 6.07) is 7.48. The second-order valence-corrected chi connectivity index (χ2v) is 3.73. The lowest BCUT2D eigenvalue weighted by molar-refractivity contribution is 0.462. The van der Waals surface area contributed by atoms with E-state index >= 15 is 0 Å². The Morgan fingerprint density at radius 3 is 3.11 bits per heavy atom. The molecule has 0 aliphatic carbocycles. The van der Waals surface area contributed by atoms with Crippen LogP contribution in [0.1, 0.15) is 5.56 Å². The minimum Gasteiger partial charge on any atom is -0.437 e. The van der Waals surface area contributed by atoms with Gasteiger partial charge in [-0.2, -0.15) is 0 Å². The number of rotatable bonds is 4. The number of anilines is 1. The molecule has 0 aliphatic heterocycles. The molecule has 0 unspecified atom stereocenters. The zero-order valence-electron chi connectivity index (χ0n) is 9.93. The maximum Gasteiger partial charge on any atom is 0.277 e. The van der Waals surface area contributed by atoms with E-state index in [4.69, 9.17) is 10.5 Å². The highest BCUT2D eigenvalue weighted by atomic mass is 16.5. The summed E-state index contributed by atoms with van der Waals surface area (Å²) in [6.45, 7) is 0.732. The summed E-state index contributed by atoms with van der Waals surface area (Å²) in [4.78, 5) is 17.6. The van der Waals surface area contributed by atoms with Gasteiger partial charge < -0.3 is 20.8 Å². The van der Waals surface area contributed by atoms with E-state index in [0.29, 0.717) is 5.75 Å². The van der Waals surface area contributed by atoms with Crippen LogP contribution in [0, 0.1) is 0 Å². The number of benzene rings is 1. The van der Waals surface area contributed by atoms with Gasteiger partial charge in [0, 0.05) is 6.54 Å². The number of nitrogens with two attached hydrogens (primary N) is 1. The number of aromatic amines is 1. The lowest BCUT2D eigenvalue weighted by Gasteiger charge is -2.07. The summed E-state index contributed by atoms with van der Waals surface area (Å²) in [6.07, 6.45) is 1.26. The van der Waals surface area contributed by atoms with E-state index in [-0.39, 0.29) is 11.6 Å². The smallest absolute Gasteiger partial charge is 0.277 e. The maximum atomic E-state index is 11.3. The molecule has 1 heterocycles. The third kappa shape index (κ3) is 2.67. The standard InChI is InChI=1S/C12H14N4O2/c1-14-6-8-3-2-4-9(5-8)18-12-10(13)11(17)15-7-16-12/h2-5,7,14H,6,13H2,1H3,(H,15,16,17). The zero-order valence-corrected chi connectivity index (χ0v) is 9.93. The average molecular weight is 246 g/mol. The molecule has 0 bridgehead atoms. The molecule has 2 rings (SSSR count). The quantitative estimate of drug-likeness (QED) is 0.744. The molecule has 0 amide bonds. The lowest BCUT2D eigenvalue weighted by Crippen LogP contribution is -2.13. The summed E-state index contributed by atoms with van der Waals surface area (Å²) >= 11 is 0. The third-order valence-electron chi connectivity index (χ3n) is 2.35. The van der Waals surface area contributed by atoms with Crippen molar-refractivity contribution in [3.05, 3.63) is 46.5 Å². The van der Waals surface area contributed by atoms with E-state index in [2.05, 4.69) is 15.3 Å². The highest BCUT2D eigenvalue weighted by Crippen LogP contribution is 2.22. The molecule has 0 spiro atoms. The molecule has 4 N–H and O–H groups in total. The van der Waals surface area contributed by atoms with Crippen LogP contribution in [0.4, 0.5) is 5.69 Å². The normalized spacial score (nSPS) is 10.3. The second-order valence-electron chi connectivity index (χ2n) is 3.73. The van der Waals surface area contributed by atoms with Gasteiger partial charge >= 0.3 is 0 Å². The van der Waals surface area contributed by atoms with Crippen molar-refractivity contribution < 1.29 is 4.74 Å². The first-order valence-electron chi connectivity index (χ1n) is 5.45. The number of nitrogens with one attached hydrogen (secondary N) is 2. The van der Waals surface area contributed by atoms with Gasteiger partial charge in [-0.3, -0.25) is 4.79 Å². The Morgan fingerprint density at radius 2 is 2.33 bits per heavy atom. The van der Waals surface area contributed by atoms with Gasteiger partial charge in [-0.1, -0.05) is 12.1 Å². The Hall–Kier alpha value is -2.34. The Labute approximate surface area is 104 Å². The van der Waals surface area contributed by atoms with Crippen LogP contribution >= 0.6 is 0 Å². The summed E-state index contributed by atoms with van der Waals surface area (Å²) in [7, 11) is 1.86. The van der Waals surface area contributed by atoms with Gasteiger partial charge in [-0.15, -0.1) is 0 Å². The van der Waals surface area contributed by atoms with Crippen LogP contribution in [0.2, 0.25) is 0 Å². The molecule has 1 aromatic heterocycles. The van der Waals surface area contributed by atoms with E-state index in [1.54, 1.807) is 6.07 Å². The first kappa shape index (κ1) is 12.1. The summed E-state index contributed by atoms with van der Waals surface area (Å²) < 4.78 is 5.49. The van der Waals surface area contributed by atoms with Crippen LogP contribution in [0.15, 0.2) is 35.4 Å². The van der Waals surface area contributed by atoms with Gasteiger partial charge in [-0.25, -0.2) is 4.98 Å². The van der Waals surface area contributed by atoms with E-state index in [1.165, 1.54) is 6.33 Å². The van der Waals surface area contributed by atoms with Crippen LogP contribution in [0.25, 0.3) is 0 Å². The molecule has 1 aromatic carbocycles. The van der Waals surface area contributed by atoms with E-state index < -0.39 is 5.56 Å². The van der Waals surface area contributed by atoms with Crippen LogP contribution in [-0.4, -0.2) is 17.0 Å². The average Bonchev–Trinajstić information content (AvgIpc) is 2.36. The third-order valence-corrected chi connectivity index (χ3v) is 2.35. The Bertz CT molecular complexity index is 595. The van der Waals surface area contributed by atoms with Crippen LogP contribution < -0.4 is 21.3 Å². The van der Waals surface area contributed by atoms with Crippen molar-refractivity contribution in [2.45, 2.75) is 6.54 Å². The number of hydrogen-bond acceptors (Lipinski definition) is 5. The van der Waals surface area contributed by atoms with Gasteiger partial charge in [-0.05, 0) is 24.7 Å². The fourth-order valence-electron chi connectivity index (χ4n) is 1.51. The molecule has 94 valence electrons. The second kappa shape index (κ2) is 5.33. The van der Waals surface area contributed by atoms with E-state index in [9.17, 15) is 4.79 Å². The van der Waals surface area contributed by atoms with E-state index in [0.717, 1.165) is 12.1 Å². The molecule has 0 saturated carbocycles. The molecule has 6 nitrogen and oxygen atoms in total. The fourth-order valence-corrected chi connectivity index (χ4v) is 1.51. The van der Waals surface area contributed by atoms with Gasteiger partial charge in [0.1, 0.15) is 5.75 Å². The van der Waals surface area contributed by atoms with Crippen LogP contribution in [0.5, 0.6) is 11.6 Å². The van der Waals surface area contributed by atoms with Crippen molar-refractivity contribution in [3.8, 4) is 11.6 Å². The highest BCUT2D eigenvalue weighted by Gasteiger charge is 2.07. The van der Waals surface area contributed by atoms with E-state index in [1.807, 2.05) is 25.2 Å².